The van der Waals surface area contributed by atoms with Crippen LogP contribution in [-0.2, 0) is 13.5 Å². The first kappa shape index (κ1) is 13.8. The molecule has 19 heavy (non-hydrogen) atoms. The van der Waals surface area contributed by atoms with E-state index in [1.165, 1.54) is 0 Å². The Kier molecular flexibility index (Phi) is 4.02. The normalized spacial score (nSPS) is 13.2. The summed E-state index contributed by atoms with van der Waals surface area (Å²) in [6.07, 6.45) is 3.55. The first-order valence-corrected chi connectivity index (χ1v) is 6.79. The summed E-state index contributed by atoms with van der Waals surface area (Å²) in [5.41, 5.74) is 2.16. The number of hydrogen-bond donors (Lipinski definition) is 0. The zero-order chi connectivity index (χ0) is 14.0. The Labute approximate surface area is 114 Å². The third-order valence-electron chi connectivity index (χ3n) is 3.41. The Balaban J connectivity index is 1.99. The maximum Gasteiger partial charge on any atom is 0.150 e. The van der Waals surface area contributed by atoms with Gasteiger partial charge in [0.2, 0.25) is 0 Å². The minimum atomic E-state index is 0.366. The molecule has 2 rings (SSSR count). The van der Waals surface area contributed by atoms with Crippen molar-refractivity contribution < 1.29 is 4.52 Å². The van der Waals surface area contributed by atoms with Crippen molar-refractivity contribution in [3.63, 3.8) is 0 Å². The van der Waals surface area contributed by atoms with E-state index in [1.54, 1.807) is 6.26 Å². The van der Waals surface area contributed by atoms with E-state index in [2.05, 4.69) is 36.0 Å². The third kappa shape index (κ3) is 3.03. The van der Waals surface area contributed by atoms with E-state index in [-0.39, 0.29) is 0 Å². The van der Waals surface area contributed by atoms with Gasteiger partial charge in [0.1, 0.15) is 12.1 Å². The predicted octanol–water partition coefficient (Wildman–Crippen LogP) is 2.97. The summed E-state index contributed by atoms with van der Waals surface area (Å²) in [6.45, 7) is 8.46. The molecule has 5 heteroatoms. The molecular formula is C14H22N4O. The van der Waals surface area contributed by atoms with Crippen molar-refractivity contribution >= 4 is 0 Å². The summed E-state index contributed by atoms with van der Waals surface area (Å²) in [7, 11) is 1.96. The molecule has 0 aromatic carbocycles. The minimum Gasteiger partial charge on any atom is -0.364 e. The van der Waals surface area contributed by atoms with Crippen LogP contribution in [0.1, 0.15) is 61.9 Å². The lowest BCUT2D eigenvalue weighted by molar-refractivity contribution is 0.404. The average Bonchev–Trinajstić information content (AvgIpc) is 2.92. The summed E-state index contributed by atoms with van der Waals surface area (Å²) in [5, 5.41) is 8.53. The summed E-state index contributed by atoms with van der Waals surface area (Å²) >= 11 is 0. The Morgan fingerprint density at radius 3 is 2.58 bits per heavy atom. The van der Waals surface area contributed by atoms with Crippen LogP contribution in [-0.4, -0.2) is 19.9 Å². The summed E-state index contributed by atoms with van der Waals surface area (Å²) in [4.78, 5) is 4.59. The van der Waals surface area contributed by atoms with E-state index in [1.807, 2.05) is 18.7 Å². The second-order valence-corrected chi connectivity index (χ2v) is 5.49. The molecule has 0 radical (unpaired) electrons. The van der Waals surface area contributed by atoms with Crippen molar-refractivity contribution in [1.29, 1.82) is 0 Å². The van der Waals surface area contributed by atoms with Gasteiger partial charge in [-0.3, -0.25) is 4.68 Å². The van der Waals surface area contributed by atoms with Crippen LogP contribution in [0.3, 0.4) is 0 Å². The highest BCUT2D eigenvalue weighted by atomic mass is 16.5. The van der Waals surface area contributed by atoms with Crippen molar-refractivity contribution in [3.05, 3.63) is 29.2 Å². The van der Waals surface area contributed by atoms with Crippen LogP contribution in [0.4, 0.5) is 0 Å². The van der Waals surface area contributed by atoms with Gasteiger partial charge in [0.25, 0.3) is 0 Å². The zero-order valence-corrected chi connectivity index (χ0v) is 12.3. The first-order valence-electron chi connectivity index (χ1n) is 6.79. The monoisotopic (exact) mass is 262 g/mol. The molecule has 0 aliphatic heterocycles. The highest BCUT2D eigenvalue weighted by molar-refractivity contribution is 5.16. The highest BCUT2D eigenvalue weighted by Gasteiger charge is 2.15. The van der Waals surface area contributed by atoms with Crippen LogP contribution >= 0.6 is 0 Å². The fraction of sp³-hybridized carbons (Fsp3) is 0.643. The van der Waals surface area contributed by atoms with E-state index in [9.17, 15) is 0 Å². The molecule has 0 saturated heterocycles. The van der Waals surface area contributed by atoms with E-state index >= 15 is 0 Å². The molecule has 0 bridgehead atoms. The number of hydrogen-bond acceptors (Lipinski definition) is 4. The van der Waals surface area contributed by atoms with Crippen LogP contribution in [0.5, 0.6) is 0 Å². The smallest absolute Gasteiger partial charge is 0.150 e. The largest absolute Gasteiger partial charge is 0.364 e. The van der Waals surface area contributed by atoms with Crippen LogP contribution < -0.4 is 0 Å². The molecule has 104 valence electrons. The third-order valence-corrected chi connectivity index (χ3v) is 3.41. The molecule has 2 aromatic rings. The topological polar surface area (TPSA) is 56.7 Å². The van der Waals surface area contributed by atoms with Gasteiger partial charge in [-0.1, -0.05) is 25.9 Å². The van der Waals surface area contributed by atoms with E-state index in [0.717, 1.165) is 35.7 Å². The summed E-state index contributed by atoms with van der Waals surface area (Å²) in [5.74, 6) is 2.73. The molecule has 0 N–H and O–H groups in total. The lowest BCUT2D eigenvalue weighted by Gasteiger charge is -2.06. The highest BCUT2D eigenvalue weighted by Crippen LogP contribution is 2.22. The molecule has 2 heterocycles. The van der Waals surface area contributed by atoms with Gasteiger partial charge in [-0.2, -0.15) is 5.10 Å². The number of aromatic nitrogens is 4. The van der Waals surface area contributed by atoms with Crippen molar-refractivity contribution in [3.8, 4) is 0 Å². The van der Waals surface area contributed by atoms with Crippen molar-refractivity contribution in [2.24, 2.45) is 7.05 Å². The van der Waals surface area contributed by atoms with Crippen molar-refractivity contribution in [1.82, 2.24) is 19.9 Å². The fourth-order valence-corrected chi connectivity index (χ4v) is 2.32. The number of nitrogens with zero attached hydrogens (tertiary/aromatic N) is 4. The van der Waals surface area contributed by atoms with E-state index in [4.69, 9.17) is 4.52 Å². The van der Waals surface area contributed by atoms with Crippen molar-refractivity contribution in [2.45, 2.75) is 52.4 Å². The van der Waals surface area contributed by atoms with Crippen LogP contribution in [0.15, 0.2) is 10.8 Å². The van der Waals surface area contributed by atoms with Gasteiger partial charge in [0, 0.05) is 30.9 Å². The van der Waals surface area contributed by atoms with Gasteiger partial charge >= 0.3 is 0 Å². The lowest BCUT2D eigenvalue weighted by Crippen LogP contribution is -2.01. The van der Waals surface area contributed by atoms with Gasteiger partial charge < -0.3 is 4.52 Å². The summed E-state index contributed by atoms with van der Waals surface area (Å²) < 4.78 is 6.87. The molecule has 0 spiro atoms. The Hall–Kier alpha value is -1.65. The van der Waals surface area contributed by atoms with Crippen LogP contribution in [0.25, 0.3) is 0 Å². The van der Waals surface area contributed by atoms with E-state index < -0.39 is 0 Å². The number of rotatable bonds is 5. The molecule has 0 aliphatic carbocycles. The molecule has 0 amide bonds. The minimum absolute atomic E-state index is 0.366. The molecule has 5 nitrogen and oxygen atoms in total. The second-order valence-electron chi connectivity index (χ2n) is 5.49. The van der Waals surface area contributed by atoms with E-state index in [0.29, 0.717) is 11.8 Å². The Bertz CT molecular complexity index is 541. The molecule has 0 unspecified atom stereocenters. The maximum atomic E-state index is 4.99. The van der Waals surface area contributed by atoms with Gasteiger partial charge in [0.15, 0.2) is 5.82 Å². The van der Waals surface area contributed by atoms with Crippen LogP contribution in [0.2, 0.25) is 0 Å². The van der Waals surface area contributed by atoms with Gasteiger partial charge in [-0.25, -0.2) is 4.98 Å². The van der Waals surface area contributed by atoms with Gasteiger partial charge in [-0.05, 0) is 13.3 Å². The second kappa shape index (κ2) is 5.55. The van der Waals surface area contributed by atoms with Gasteiger partial charge in [-0.15, -0.1) is 0 Å². The molecule has 2 aromatic heterocycles. The fourth-order valence-electron chi connectivity index (χ4n) is 2.32. The molecule has 0 aliphatic rings. The molecule has 0 saturated carbocycles. The van der Waals surface area contributed by atoms with Crippen LogP contribution in [0, 0.1) is 6.92 Å². The molecule has 0 fully saturated rings. The van der Waals surface area contributed by atoms with Crippen molar-refractivity contribution in [2.75, 3.05) is 0 Å². The molecular weight excluding hydrogens is 240 g/mol. The average molecular weight is 262 g/mol. The predicted molar refractivity (Wildman–Crippen MR) is 73.1 cm³/mol. The maximum absolute atomic E-state index is 4.99. The van der Waals surface area contributed by atoms with Gasteiger partial charge in [0.05, 0.1) is 5.69 Å². The molecule has 1 atom stereocenters. The number of aryl methyl sites for hydroxylation is 3. The quantitative estimate of drug-likeness (QED) is 0.831. The summed E-state index contributed by atoms with van der Waals surface area (Å²) in [6, 6.07) is 0. The Morgan fingerprint density at radius 1 is 1.32 bits per heavy atom. The first-order chi connectivity index (χ1) is 8.99. The SMILES string of the molecule is Cc1conc1[C@H](C)CCc1nc(C(C)C)n(C)n1. The zero-order valence-electron chi connectivity index (χ0n) is 12.3. The Morgan fingerprint density at radius 2 is 2.05 bits per heavy atom. The standard InChI is InChI=1S/C14H22N4O/c1-9(2)14-15-12(16-18(14)5)7-6-10(3)13-11(4)8-19-17-13/h8-10H,6-7H2,1-5H3/t10-/m1/s1. The lowest BCUT2D eigenvalue weighted by atomic mass is 9.99.